The number of allylic oxidation sites excluding steroid dienone is 4. The number of aliphatic hydroxyl groups excluding tert-OH is 2. The van der Waals surface area contributed by atoms with Crippen molar-refractivity contribution in [3.8, 4) is 0 Å². The summed E-state index contributed by atoms with van der Waals surface area (Å²) in [5.41, 5.74) is 0. The highest BCUT2D eigenvalue weighted by Gasteiger charge is 2.20. The van der Waals surface area contributed by atoms with E-state index in [1.807, 2.05) is 0 Å². The van der Waals surface area contributed by atoms with E-state index in [0.717, 1.165) is 44.9 Å². The molecule has 1 amide bonds. The summed E-state index contributed by atoms with van der Waals surface area (Å²) in [5.74, 6) is -0.0123. The van der Waals surface area contributed by atoms with E-state index in [9.17, 15) is 19.8 Å². The molecule has 0 fully saturated rings. The average Bonchev–Trinajstić information content (AvgIpc) is 3.42. The molecule has 2 atom stereocenters. The molecule has 0 aromatic rings. The second kappa shape index (κ2) is 65.9. The average molecular weight is 1070 g/mol. The molecule has 0 heterocycles. The van der Waals surface area contributed by atoms with E-state index >= 15 is 0 Å². The summed E-state index contributed by atoms with van der Waals surface area (Å²) >= 11 is 0. The Morgan fingerprint density at radius 3 is 1.00 bits per heavy atom. The van der Waals surface area contributed by atoms with Crippen LogP contribution in [-0.2, 0) is 14.3 Å². The van der Waals surface area contributed by atoms with Gasteiger partial charge in [0.2, 0.25) is 5.91 Å². The quantitative estimate of drug-likeness (QED) is 0.0320. The number of carbonyl (C=O) groups excluding carboxylic acids is 2. The fourth-order valence-corrected chi connectivity index (χ4v) is 11.0. The first-order chi connectivity index (χ1) is 37.5. The van der Waals surface area contributed by atoms with Gasteiger partial charge >= 0.3 is 5.97 Å². The molecule has 2 unspecified atom stereocenters. The Morgan fingerprint density at radius 1 is 0.368 bits per heavy atom. The van der Waals surface area contributed by atoms with Gasteiger partial charge in [0.1, 0.15) is 0 Å². The molecule has 0 spiro atoms. The highest BCUT2D eigenvalue weighted by molar-refractivity contribution is 5.76. The predicted octanol–water partition coefficient (Wildman–Crippen LogP) is 22.1. The lowest BCUT2D eigenvalue weighted by molar-refractivity contribution is -0.143. The molecule has 0 aromatic carbocycles. The number of carbonyl (C=O) groups is 2. The molecule has 76 heavy (non-hydrogen) atoms. The van der Waals surface area contributed by atoms with E-state index in [1.54, 1.807) is 0 Å². The van der Waals surface area contributed by atoms with Gasteiger partial charge in [0.05, 0.1) is 25.4 Å². The molecule has 450 valence electrons. The maximum absolute atomic E-state index is 12.4. The normalized spacial score (nSPS) is 12.6. The first-order valence-electron chi connectivity index (χ1n) is 34.6. The van der Waals surface area contributed by atoms with Gasteiger partial charge in [-0.05, 0) is 57.8 Å². The molecule has 0 rings (SSSR count). The van der Waals surface area contributed by atoms with Gasteiger partial charge in [-0.25, -0.2) is 0 Å². The fraction of sp³-hybridized carbons (Fsp3) is 0.914. The molecule has 0 aromatic heterocycles. The first-order valence-corrected chi connectivity index (χ1v) is 34.6. The Labute approximate surface area is 475 Å². The number of rotatable bonds is 65. The number of hydrogen-bond acceptors (Lipinski definition) is 5. The molecule has 0 radical (unpaired) electrons. The van der Waals surface area contributed by atoms with Crippen molar-refractivity contribution in [3.63, 3.8) is 0 Å². The number of aliphatic hydroxyl groups is 2. The Kier molecular flexibility index (Phi) is 64.4. The van der Waals surface area contributed by atoms with Gasteiger partial charge in [-0.15, -0.1) is 0 Å². The van der Waals surface area contributed by atoms with Gasteiger partial charge in [0.25, 0.3) is 0 Å². The van der Waals surface area contributed by atoms with Gasteiger partial charge in [-0.2, -0.15) is 0 Å². The lowest BCUT2D eigenvalue weighted by Crippen LogP contribution is -2.45. The van der Waals surface area contributed by atoms with Gasteiger partial charge in [0.15, 0.2) is 0 Å². The first kappa shape index (κ1) is 74.3. The number of esters is 1. The number of hydrogen-bond donors (Lipinski definition) is 3. The number of ether oxygens (including phenoxy) is 1. The van der Waals surface area contributed by atoms with Crippen LogP contribution in [0, 0.1) is 0 Å². The molecule has 3 N–H and O–H groups in total. The maximum Gasteiger partial charge on any atom is 0.305 e. The van der Waals surface area contributed by atoms with Crippen LogP contribution in [0.2, 0.25) is 0 Å². The van der Waals surface area contributed by atoms with Crippen molar-refractivity contribution in [2.45, 2.75) is 398 Å². The van der Waals surface area contributed by atoms with Crippen molar-refractivity contribution < 1.29 is 24.5 Å². The van der Waals surface area contributed by atoms with E-state index in [0.29, 0.717) is 25.9 Å². The second-order valence-corrected chi connectivity index (χ2v) is 23.9. The summed E-state index contributed by atoms with van der Waals surface area (Å²) < 4.78 is 5.49. The summed E-state index contributed by atoms with van der Waals surface area (Å²) in [6, 6.07) is -0.537. The fourth-order valence-electron chi connectivity index (χ4n) is 11.0. The minimum atomic E-state index is -0.659. The number of amides is 1. The van der Waals surface area contributed by atoms with Crippen LogP contribution >= 0.6 is 0 Å². The van der Waals surface area contributed by atoms with Crippen LogP contribution < -0.4 is 5.32 Å². The van der Waals surface area contributed by atoms with E-state index in [-0.39, 0.29) is 18.5 Å². The number of nitrogens with one attached hydrogen (secondary N) is 1. The molecule has 0 aliphatic rings. The van der Waals surface area contributed by atoms with E-state index in [2.05, 4.69) is 43.5 Å². The van der Waals surface area contributed by atoms with Crippen molar-refractivity contribution in [2.24, 2.45) is 0 Å². The van der Waals surface area contributed by atoms with Crippen molar-refractivity contribution in [2.75, 3.05) is 13.2 Å². The monoisotopic (exact) mass is 1070 g/mol. The lowest BCUT2D eigenvalue weighted by atomic mass is 10.0. The van der Waals surface area contributed by atoms with Crippen molar-refractivity contribution in [1.82, 2.24) is 5.32 Å². The Balaban J connectivity index is 3.32. The Bertz CT molecular complexity index is 1190. The van der Waals surface area contributed by atoms with Gasteiger partial charge in [-0.3, -0.25) is 9.59 Å². The molecule has 6 nitrogen and oxygen atoms in total. The topological polar surface area (TPSA) is 95.9 Å². The smallest absolute Gasteiger partial charge is 0.305 e. The largest absolute Gasteiger partial charge is 0.466 e. The SMILES string of the molecule is CCCCCCCCCCCCCCCC(=O)OCCCCCCCCCCCCCCC/C=C\C/C=C\CCCCCCCCCCCCCCCCCCCC(=O)NC(CO)C(O)CCCCCCCCCCC. The molecule has 0 saturated heterocycles. The van der Waals surface area contributed by atoms with Crippen LogP contribution in [0.1, 0.15) is 386 Å². The van der Waals surface area contributed by atoms with E-state index < -0.39 is 12.1 Å². The summed E-state index contributed by atoms with van der Waals surface area (Å²) in [4.78, 5) is 24.5. The second-order valence-electron chi connectivity index (χ2n) is 23.9. The maximum atomic E-state index is 12.4. The summed E-state index contributed by atoms with van der Waals surface area (Å²) in [6.07, 6.45) is 82.5. The van der Waals surface area contributed by atoms with Crippen molar-refractivity contribution in [1.29, 1.82) is 0 Å². The summed E-state index contributed by atoms with van der Waals surface area (Å²) in [6.45, 7) is 4.96. The zero-order chi connectivity index (χ0) is 55.0. The zero-order valence-corrected chi connectivity index (χ0v) is 51.5. The van der Waals surface area contributed by atoms with Gasteiger partial charge in [0, 0.05) is 12.8 Å². The van der Waals surface area contributed by atoms with Gasteiger partial charge in [-0.1, -0.05) is 340 Å². The highest BCUT2D eigenvalue weighted by atomic mass is 16.5. The van der Waals surface area contributed by atoms with Crippen molar-refractivity contribution >= 4 is 11.9 Å². The highest BCUT2D eigenvalue weighted by Crippen LogP contribution is 2.19. The van der Waals surface area contributed by atoms with Crippen molar-refractivity contribution in [3.05, 3.63) is 24.3 Å². The zero-order valence-electron chi connectivity index (χ0n) is 51.5. The Hall–Kier alpha value is -1.66. The standard InChI is InChI=1S/C70H135NO5/c1-3-5-7-9-11-13-14-40-44-48-52-56-60-64-70(75)76-65-61-57-53-49-45-42-39-37-35-33-31-29-27-25-23-21-19-17-15-16-18-20-22-24-26-28-30-32-34-36-38-41-43-47-51-55-59-63-69(74)71-67(66-72)68(73)62-58-54-50-46-12-10-8-6-4-2/h15,17,21,23,67-68,72-73H,3-14,16,18-20,22,24-66H2,1-2H3,(H,71,74)/b17-15-,23-21-. The minimum absolute atomic E-state index is 0.0207. The number of unbranched alkanes of at least 4 members (excludes halogenated alkanes) is 50. The van der Waals surface area contributed by atoms with E-state index in [4.69, 9.17) is 4.74 Å². The van der Waals surface area contributed by atoms with Gasteiger partial charge < -0.3 is 20.3 Å². The third-order valence-electron chi connectivity index (χ3n) is 16.3. The third kappa shape index (κ3) is 61.6. The molecule has 6 heteroatoms. The van der Waals surface area contributed by atoms with Crippen LogP contribution in [0.4, 0.5) is 0 Å². The molecular formula is C70H135NO5. The summed E-state index contributed by atoms with van der Waals surface area (Å²) in [7, 11) is 0. The van der Waals surface area contributed by atoms with Crippen LogP contribution in [-0.4, -0.2) is 47.4 Å². The minimum Gasteiger partial charge on any atom is -0.466 e. The van der Waals surface area contributed by atoms with Crippen LogP contribution in [0.15, 0.2) is 24.3 Å². The third-order valence-corrected chi connectivity index (χ3v) is 16.3. The summed E-state index contributed by atoms with van der Waals surface area (Å²) in [5, 5.41) is 23.1. The molecule has 0 saturated carbocycles. The van der Waals surface area contributed by atoms with Crippen LogP contribution in [0.3, 0.4) is 0 Å². The molecular weight excluding hydrogens is 935 g/mol. The molecule has 0 aliphatic carbocycles. The molecule has 0 aliphatic heterocycles. The van der Waals surface area contributed by atoms with Crippen LogP contribution in [0.25, 0.3) is 0 Å². The van der Waals surface area contributed by atoms with E-state index in [1.165, 1.54) is 308 Å². The Morgan fingerprint density at radius 2 is 0.658 bits per heavy atom. The van der Waals surface area contributed by atoms with Crippen LogP contribution in [0.5, 0.6) is 0 Å². The lowest BCUT2D eigenvalue weighted by Gasteiger charge is -2.22. The molecule has 0 bridgehead atoms. The predicted molar refractivity (Wildman–Crippen MR) is 333 cm³/mol.